The van der Waals surface area contributed by atoms with Gasteiger partial charge in [-0.2, -0.15) is 0 Å². The smallest absolute Gasteiger partial charge is 0.408 e. The highest BCUT2D eigenvalue weighted by Crippen LogP contribution is 2.55. The summed E-state index contributed by atoms with van der Waals surface area (Å²) in [5.74, 6) is 2.42. The molecule has 0 bridgehead atoms. The lowest BCUT2D eigenvalue weighted by Crippen LogP contribution is -2.19. The quantitative estimate of drug-likeness (QED) is 0.466. The van der Waals surface area contributed by atoms with E-state index in [2.05, 4.69) is 93.5 Å². The number of benzene rings is 2. The molecule has 158 valence electrons. The molecule has 2 aromatic carbocycles. The normalized spacial score (nSPS) is 16.8. The van der Waals surface area contributed by atoms with Gasteiger partial charge < -0.3 is 13.6 Å². The summed E-state index contributed by atoms with van der Waals surface area (Å²) in [5.41, 5.74) is 4.78. The summed E-state index contributed by atoms with van der Waals surface area (Å²) < 4.78 is 18.7. The van der Waals surface area contributed by atoms with Crippen LogP contribution in [0.5, 0.6) is 17.2 Å². The summed E-state index contributed by atoms with van der Waals surface area (Å²) in [6.45, 7) is 22.0. The topological polar surface area (TPSA) is 27.7 Å². The van der Waals surface area contributed by atoms with Gasteiger partial charge in [-0.15, -0.1) is 0 Å². The van der Waals surface area contributed by atoms with Gasteiger partial charge in [0.25, 0.3) is 0 Å². The summed E-state index contributed by atoms with van der Waals surface area (Å²) in [6.07, 6.45) is 0. The Kier molecular flexibility index (Phi) is 5.45. The molecular formula is C25H35O3P. The van der Waals surface area contributed by atoms with Crippen LogP contribution in [0.3, 0.4) is 0 Å². The molecular weight excluding hydrogens is 379 g/mol. The molecule has 0 fully saturated rings. The van der Waals surface area contributed by atoms with Gasteiger partial charge in [0.2, 0.25) is 0 Å². The van der Waals surface area contributed by atoms with E-state index in [4.69, 9.17) is 13.6 Å². The second kappa shape index (κ2) is 7.20. The van der Waals surface area contributed by atoms with E-state index in [0.717, 1.165) is 17.2 Å². The van der Waals surface area contributed by atoms with Crippen molar-refractivity contribution in [1.82, 2.24) is 0 Å². The van der Waals surface area contributed by atoms with Gasteiger partial charge in [0.15, 0.2) is 11.5 Å². The van der Waals surface area contributed by atoms with Crippen LogP contribution in [0.2, 0.25) is 0 Å². The fraction of sp³-hybridized carbons (Fsp3) is 0.520. The van der Waals surface area contributed by atoms with Crippen LogP contribution in [-0.4, -0.2) is 0 Å². The Hall–Kier alpha value is -1.73. The molecule has 0 amide bonds. The predicted octanol–water partition coefficient (Wildman–Crippen LogP) is 7.96. The molecule has 0 saturated carbocycles. The Labute approximate surface area is 177 Å². The molecule has 1 aliphatic heterocycles. The second-order valence-corrected chi connectivity index (χ2v) is 12.1. The molecule has 0 saturated heterocycles. The lowest BCUT2D eigenvalue weighted by atomic mass is 9.78. The number of hydrogen-bond donors (Lipinski definition) is 0. The molecule has 3 nitrogen and oxygen atoms in total. The monoisotopic (exact) mass is 414 g/mol. The van der Waals surface area contributed by atoms with Crippen LogP contribution in [-0.2, 0) is 16.2 Å². The molecule has 3 rings (SSSR count). The van der Waals surface area contributed by atoms with E-state index in [9.17, 15) is 0 Å². The first-order valence-electron chi connectivity index (χ1n) is 10.3. The van der Waals surface area contributed by atoms with E-state index >= 15 is 0 Å². The Morgan fingerprint density at radius 1 is 0.690 bits per heavy atom. The molecule has 1 aliphatic rings. The molecule has 1 heterocycles. The number of hydrogen-bond acceptors (Lipinski definition) is 3. The van der Waals surface area contributed by atoms with Crippen molar-refractivity contribution in [1.29, 1.82) is 0 Å². The van der Waals surface area contributed by atoms with Crippen LogP contribution in [0.1, 0.15) is 84.6 Å². The Morgan fingerprint density at radius 2 is 1.21 bits per heavy atom. The highest BCUT2D eigenvalue weighted by atomic mass is 31.2. The third kappa shape index (κ3) is 4.72. The van der Waals surface area contributed by atoms with E-state index < -0.39 is 8.60 Å². The van der Waals surface area contributed by atoms with Gasteiger partial charge in [0.1, 0.15) is 5.75 Å². The Morgan fingerprint density at radius 3 is 1.69 bits per heavy atom. The molecule has 1 atom stereocenters. The summed E-state index contributed by atoms with van der Waals surface area (Å²) in [7, 11) is -1.53. The minimum Gasteiger partial charge on any atom is -0.408 e. The van der Waals surface area contributed by atoms with E-state index in [0.29, 0.717) is 0 Å². The first kappa shape index (κ1) is 22.0. The molecule has 0 aliphatic carbocycles. The minimum absolute atomic E-state index is 0.0529. The van der Waals surface area contributed by atoms with Crippen LogP contribution < -0.4 is 13.6 Å². The highest BCUT2D eigenvalue weighted by molar-refractivity contribution is 7.43. The van der Waals surface area contributed by atoms with Gasteiger partial charge in [-0.3, -0.25) is 0 Å². The van der Waals surface area contributed by atoms with Gasteiger partial charge in [-0.05, 0) is 40.9 Å². The van der Waals surface area contributed by atoms with Crippen LogP contribution in [0.15, 0.2) is 30.3 Å². The van der Waals surface area contributed by atoms with E-state index in [-0.39, 0.29) is 16.2 Å². The highest BCUT2D eigenvalue weighted by Gasteiger charge is 2.35. The van der Waals surface area contributed by atoms with Crippen molar-refractivity contribution in [2.75, 3.05) is 0 Å². The van der Waals surface area contributed by atoms with Crippen LogP contribution in [0.4, 0.5) is 0 Å². The molecule has 0 spiro atoms. The van der Waals surface area contributed by atoms with Crippen LogP contribution >= 0.6 is 8.60 Å². The summed E-state index contributed by atoms with van der Waals surface area (Å²) >= 11 is 0. The summed E-state index contributed by atoms with van der Waals surface area (Å²) in [5, 5.41) is 0. The lowest BCUT2D eigenvalue weighted by Gasteiger charge is -2.30. The van der Waals surface area contributed by atoms with Crippen LogP contribution in [0.25, 0.3) is 0 Å². The Balaban J connectivity index is 1.98. The molecule has 1 unspecified atom stereocenters. The van der Waals surface area contributed by atoms with Gasteiger partial charge >= 0.3 is 8.60 Å². The van der Waals surface area contributed by atoms with Crippen molar-refractivity contribution in [2.45, 2.75) is 85.5 Å². The van der Waals surface area contributed by atoms with Crippen molar-refractivity contribution in [3.63, 3.8) is 0 Å². The van der Waals surface area contributed by atoms with Gasteiger partial charge in [-0.1, -0.05) is 86.1 Å². The number of rotatable bonds is 2. The maximum Gasteiger partial charge on any atom is 0.530 e. The van der Waals surface area contributed by atoms with Gasteiger partial charge in [-0.25, -0.2) is 0 Å². The molecule has 4 heteroatoms. The zero-order chi connectivity index (χ0) is 21.8. The standard InChI is InChI=1S/C25H35O3P/c1-16-13-18(24(5,6)7)22(19(14-16)25(8,9)10)28-29-26-20-12-11-17(23(2,3)4)15-21(20)27-29/h11-15H,1-10H3. The number of aryl methyl sites for hydroxylation is 1. The minimum atomic E-state index is -1.53. The van der Waals surface area contributed by atoms with Crippen molar-refractivity contribution < 1.29 is 13.6 Å². The SMILES string of the molecule is Cc1cc(C(C)(C)C)c(OP2Oc3ccc(C(C)(C)C)cc3O2)c(C(C)(C)C)c1. The average Bonchev–Trinajstić information content (AvgIpc) is 2.94. The zero-order valence-corrected chi connectivity index (χ0v) is 20.5. The van der Waals surface area contributed by atoms with Gasteiger partial charge in [0.05, 0.1) is 0 Å². The van der Waals surface area contributed by atoms with E-state index in [1.54, 1.807) is 0 Å². The second-order valence-electron chi connectivity index (χ2n) is 11.1. The summed E-state index contributed by atoms with van der Waals surface area (Å²) in [4.78, 5) is 0. The maximum atomic E-state index is 6.47. The zero-order valence-electron chi connectivity index (χ0n) is 19.6. The Bertz CT molecular complexity index is 876. The maximum absolute atomic E-state index is 6.47. The number of fused-ring (bicyclic) bond motifs is 1. The summed E-state index contributed by atoms with van der Waals surface area (Å²) in [6, 6.07) is 10.6. The van der Waals surface area contributed by atoms with E-state index in [1.807, 2.05) is 6.07 Å². The fourth-order valence-electron chi connectivity index (χ4n) is 3.40. The predicted molar refractivity (Wildman–Crippen MR) is 123 cm³/mol. The molecule has 29 heavy (non-hydrogen) atoms. The van der Waals surface area contributed by atoms with Crippen molar-refractivity contribution >= 4 is 8.60 Å². The van der Waals surface area contributed by atoms with Crippen molar-refractivity contribution in [2.24, 2.45) is 0 Å². The third-order valence-electron chi connectivity index (χ3n) is 5.17. The molecule has 0 aromatic heterocycles. The van der Waals surface area contributed by atoms with E-state index in [1.165, 1.54) is 22.3 Å². The largest absolute Gasteiger partial charge is 0.530 e. The molecule has 0 N–H and O–H groups in total. The lowest BCUT2D eigenvalue weighted by molar-refractivity contribution is 0.413. The first-order valence-corrected chi connectivity index (χ1v) is 11.4. The third-order valence-corrected chi connectivity index (χ3v) is 6.19. The van der Waals surface area contributed by atoms with Crippen LogP contribution in [0, 0.1) is 6.92 Å². The fourth-order valence-corrected chi connectivity index (χ4v) is 4.47. The van der Waals surface area contributed by atoms with Crippen molar-refractivity contribution in [3.05, 3.63) is 52.6 Å². The molecule has 2 aromatic rings. The molecule has 0 radical (unpaired) electrons. The van der Waals surface area contributed by atoms with Gasteiger partial charge in [0, 0.05) is 11.1 Å². The van der Waals surface area contributed by atoms with Crippen molar-refractivity contribution in [3.8, 4) is 17.2 Å². The average molecular weight is 415 g/mol. The first-order chi connectivity index (χ1) is 13.2.